The highest BCUT2D eigenvalue weighted by Gasteiger charge is 2.08. The molecule has 1 atom stereocenters. The van der Waals surface area contributed by atoms with Gasteiger partial charge in [-0.2, -0.15) is 5.10 Å². The lowest BCUT2D eigenvalue weighted by atomic mass is 10.2. The van der Waals surface area contributed by atoms with E-state index in [-0.39, 0.29) is 11.9 Å². The second kappa shape index (κ2) is 5.63. The summed E-state index contributed by atoms with van der Waals surface area (Å²) in [5, 5.41) is 7.44. The smallest absolute Gasteiger partial charge is 0.137 e. The Bertz CT molecular complexity index is 539. The molecule has 0 saturated carbocycles. The Morgan fingerprint density at radius 3 is 3.00 bits per heavy atom. The van der Waals surface area contributed by atoms with Crippen molar-refractivity contribution < 1.29 is 4.39 Å². The van der Waals surface area contributed by atoms with Crippen molar-refractivity contribution in [2.45, 2.75) is 19.5 Å². The fourth-order valence-corrected chi connectivity index (χ4v) is 2.09. The van der Waals surface area contributed by atoms with E-state index in [0.717, 1.165) is 11.1 Å². The molecule has 0 saturated heterocycles. The molecule has 0 aliphatic heterocycles. The number of nitrogens with one attached hydrogen (secondary N) is 1. The number of aromatic nitrogens is 2. The van der Waals surface area contributed by atoms with Crippen LogP contribution in [0.25, 0.3) is 0 Å². The van der Waals surface area contributed by atoms with E-state index in [9.17, 15) is 4.39 Å². The molecule has 0 spiro atoms. The molecule has 1 heterocycles. The third-order valence-corrected chi connectivity index (χ3v) is 3.84. The van der Waals surface area contributed by atoms with Crippen molar-refractivity contribution in [2.24, 2.45) is 0 Å². The normalized spacial score (nSPS) is 12.7. The average molecular weight is 312 g/mol. The minimum atomic E-state index is -0.247. The first-order chi connectivity index (χ1) is 8.61. The monoisotopic (exact) mass is 311 g/mol. The van der Waals surface area contributed by atoms with E-state index < -0.39 is 0 Å². The predicted molar refractivity (Wildman–Crippen MR) is 72.9 cm³/mol. The summed E-state index contributed by atoms with van der Waals surface area (Å²) in [5.41, 5.74) is 1.99. The predicted octanol–water partition coefficient (Wildman–Crippen LogP) is 3.11. The number of rotatable bonds is 4. The van der Waals surface area contributed by atoms with Gasteiger partial charge in [0.05, 0.1) is 17.2 Å². The van der Waals surface area contributed by atoms with Crippen LogP contribution in [0.5, 0.6) is 0 Å². The van der Waals surface area contributed by atoms with Gasteiger partial charge < -0.3 is 5.32 Å². The molecule has 0 aliphatic carbocycles. The zero-order valence-corrected chi connectivity index (χ0v) is 11.9. The van der Waals surface area contributed by atoms with Gasteiger partial charge in [-0.15, -0.1) is 0 Å². The zero-order valence-electron chi connectivity index (χ0n) is 10.3. The molecule has 0 amide bonds. The van der Waals surface area contributed by atoms with Crippen LogP contribution in [-0.2, 0) is 6.54 Å². The standard InChI is InChI=1S/C13H15BrFN3/c1-9(16-2)11-6-17-18(8-11)7-10-4-3-5-12(15)13(10)14/h3-6,8-9,16H,7H2,1-2H3. The summed E-state index contributed by atoms with van der Waals surface area (Å²) in [7, 11) is 1.91. The van der Waals surface area contributed by atoms with Crippen LogP contribution in [-0.4, -0.2) is 16.8 Å². The Labute approximate surface area is 114 Å². The molecule has 1 unspecified atom stereocenters. The lowest BCUT2D eigenvalue weighted by molar-refractivity contribution is 0.610. The van der Waals surface area contributed by atoms with E-state index in [1.807, 2.05) is 30.2 Å². The second-order valence-electron chi connectivity index (χ2n) is 4.19. The van der Waals surface area contributed by atoms with Gasteiger partial charge in [-0.1, -0.05) is 12.1 Å². The van der Waals surface area contributed by atoms with Crippen molar-refractivity contribution in [1.29, 1.82) is 0 Å². The maximum atomic E-state index is 13.4. The molecule has 18 heavy (non-hydrogen) atoms. The summed E-state index contributed by atoms with van der Waals surface area (Å²) in [6.07, 6.45) is 3.80. The molecule has 1 aromatic heterocycles. The van der Waals surface area contributed by atoms with Gasteiger partial charge in [0.1, 0.15) is 5.82 Å². The Kier molecular flexibility index (Phi) is 4.14. The van der Waals surface area contributed by atoms with Crippen LogP contribution in [0.4, 0.5) is 4.39 Å². The number of hydrogen-bond acceptors (Lipinski definition) is 2. The topological polar surface area (TPSA) is 29.9 Å². The SMILES string of the molecule is CNC(C)c1cnn(Cc2cccc(F)c2Br)c1. The van der Waals surface area contributed by atoms with Gasteiger partial charge in [0.25, 0.3) is 0 Å². The fourth-order valence-electron chi connectivity index (χ4n) is 1.70. The molecule has 3 nitrogen and oxygen atoms in total. The summed E-state index contributed by atoms with van der Waals surface area (Å²) in [6, 6.07) is 5.28. The Morgan fingerprint density at radius 1 is 1.50 bits per heavy atom. The lowest BCUT2D eigenvalue weighted by Gasteiger charge is -2.07. The van der Waals surface area contributed by atoms with E-state index in [1.165, 1.54) is 6.07 Å². The summed E-state index contributed by atoms with van der Waals surface area (Å²) < 4.78 is 15.7. The largest absolute Gasteiger partial charge is 0.313 e. The summed E-state index contributed by atoms with van der Waals surface area (Å²) >= 11 is 3.26. The van der Waals surface area contributed by atoms with E-state index in [4.69, 9.17) is 0 Å². The lowest BCUT2D eigenvalue weighted by Crippen LogP contribution is -2.11. The molecule has 5 heteroatoms. The molecule has 2 aromatic rings. The molecule has 96 valence electrons. The molecule has 0 bridgehead atoms. The van der Waals surface area contributed by atoms with Crippen molar-refractivity contribution in [1.82, 2.24) is 15.1 Å². The van der Waals surface area contributed by atoms with Crippen molar-refractivity contribution in [3.05, 3.63) is 52.0 Å². The molecule has 1 N–H and O–H groups in total. The van der Waals surface area contributed by atoms with Gasteiger partial charge in [-0.25, -0.2) is 4.39 Å². The molecule has 1 aromatic carbocycles. The highest BCUT2D eigenvalue weighted by molar-refractivity contribution is 9.10. The molecule has 0 fully saturated rings. The highest BCUT2D eigenvalue weighted by atomic mass is 79.9. The van der Waals surface area contributed by atoms with E-state index in [1.54, 1.807) is 6.07 Å². The maximum Gasteiger partial charge on any atom is 0.137 e. The van der Waals surface area contributed by atoms with Gasteiger partial charge >= 0.3 is 0 Å². The van der Waals surface area contributed by atoms with Crippen LogP contribution in [0.3, 0.4) is 0 Å². The van der Waals surface area contributed by atoms with Crippen molar-refractivity contribution in [3.8, 4) is 0 Å². The number of hydrogen-bond donors (Lipinski definition) is 1. The maximum absolute atomic E-state index is 13.4. The van der Waals surface area contributed by atoms with Gasteiger partial charge in [0.2, 0.25) is 0 Å². The Hall–Kier alpha value is -1.20. The first-order valence-electron chi connectivity index (χ1n) is 5.74. The highest BCUT2D eigenvalue weighted by Crippen LogP contribution is 2.21. The minimum absolute atomic E-state index is 0.247. The number of benzene rings is 1. The van der Waals surface area contributed by atoms with Gasteiger partial charge in [0, 0.05) is 17.8 Å². The van der Waals surface area contributed by atoms with Crippen LogP contribution >= 0.6 is 15.9 Å². The second-order valence-corrected chi connectivity index (χ2v) is 4.99. The molecule has 0 aliphatic rings. The summed E-state index contributed by atoms with van der Waals surface area (Å²) in [6.45, 7) is 2.62. The van der Waals surface area contributed by atoms with Crippen LogP contribution in [0.2, 0.25) is 0 Å². The Morgan fingerprint density at radius 2 is 2.28 bits per heavy atom. The molecule has 0 radical (unpaired) electrons. The van der Waals surface area contributed by atoms with E-state index >= 15 is 0 Å². The van der Waals surface area contributed by atoms with Crippen LogP contribution in [0.1, 0.15) is 24.1 Å². The van der Waals surface area contributed by atoms with Gasteiger partial charge in [0.15, 0.2) is 0 Å². The third kappa shape index (κ3) is 2.79. The fraction of sp³-hybridized carbons (Fsp3) is 0.308. The average Bonchev–Trinajstić information content (AvgIpc) is 2.82. The van der Waals surface area contributed by atoms with Crippen LogP contribution in [0, 0.1) is 5.82 Å². The van der Waals surface area contributed by atoms with Crippen molar-refractivity contribution in [3.63, 3.8) is 0 Å². The Balaban J connectivity index is 2.19. The van der Waals surface area contributed by atoms with E-state index in [2.05, 4.69) is 33.3 Å². The quantitative estimate of drug-likeness (QED) is 0.940. The molecular weight excluding hydrogens is 297 g/mol. The molecular formula is C13H15BrFN3. The number of nitrogens with zero attached hydrogens (tertiary/aromatic N) is 2. The van der Waals surface area contributed by atoms with E-state index in [0.29, 0.717) is 11.0 Å². The van der Waals surface area contributed by atoms with Crippen LogP contribution in [0.15, 0.2) is 35.1 Å². The van der Waals surface area contributed by atoms with Crippen molar-refractivity contribution in [2.75, 3.05) is 7.05 Å². The summed E-state index contributed by atoms with van der Waals surface area (Å²) in [5.74, 6) is -0.247. The minimum Gasteiger partial charge on any atom is -0.313 e. The third-order valence-electron chi connectivity index (χ3n) is 2.95. The first-order valence-corrected chi connectivity index (χ1v) is 6.53. The van der Waals surface area contributed by atoms with Crippen LogP contribution < -0.4 is 5.32 Å². The number of halogens is 2. The zero-order chi connectivity index (χ0) is 13.1. The van der Waals surface area contributed by atoms with Crippen molar-refractivity contribution >= 4 is 15.9 Å². The summed E-state index contributed by atoms with van der Waals surface area (Å²) in [4.78, 5) is 0. The molecule has 2 rings (SSSR count). The first kappa shape index (κ1) is 13.2. The van der Waals surface area contributed by atoms with Gasteiger partial charge in [-0.3, -0.25) is 4.68 Å². The van der Waals surface area contributed by atoms with Gasteiger partial charge in [-0.05, 0) is 41.5 Å².